The molecule has 1 aliphatic rings. The van der Waals surface area contributed by atoms with E-state index >= 15 is 0 Å². The average molecular weight is 481 g/mol. The van der Waals surface area contributed by atoms with Gasteiger partial charge in [0.1, 0.15) is 17.5 Å². The van der Waals surface area contributed by atoms with Crippen molar-refractivity contribution >= 4 is 34.4 Å². The number of carbonyl (C=O) groups excluding carboxylic acids is 2. The number of amides is 2. The van der Waals surface area contributed by atoms with Crippen LogP contribution in [0, 0.1) is 0 Å². The molecule has 0 saturated heterocycles. The lowest BCUT2D eigenvalue weighted by Crippen LogP contribution is -2.46. The van der Waals surface area contributed by atoms with Crippen LogP contribution in [-0.4, -0.2) is 66.2 Å². The highest BCUT2D eigenvalue weighted by molar-refractivity contribution is 7.17. The highest BCUT2D eigenvalue weighted by Gasteiger charge is 2.29. The van der Waals surface area contributed by atoms with Crippen LogP contribution in [0.5, 0.6) is 0 Å². The van der Waals surface area contributed by atoms with Crippen LogP contribution in [-0.2, 0) is 9.53 Å². The summed E-state index contributed by atoms with van der Waals surface area (Å²) in [6, 6.07) is 15.0. The molecule has 1 heterocycles. The van der Waals surface area contributed by atoms with E-state index in [2.05, 4.69) is 27.8 Å². The number of rotatable bonds is 8. The summed E-state index contributed by atoms with van der Waals surface area (Å²) in [6.45, 7) is 0.300. The summed E-state index contributed by atoms with van der Waals surface area (Å²) in [5.74, 6) is -1.78. The van der Waals surface area contributed by atoms with Crippen LogP contribution in [0.4, 0.5) is 9.93 Å². The van der Waals surface area contributed by atoms with Crippen LogP contribution in [0.2, 0.25) is 0 Å². The second kappa shape index (κ2) is 10.0. The second-order valence-electron chi connectivity index (χ2n) is 8.11. The molecule has 1 aliphatic carbocycles. The number of carbonyl (C=O) groups is 3. The monoisotopic (exact) mass is 480 g/mol. The zero-order chi connectivity index (χ0) is 24.2. The Morgan fingerprint density at radius 2 is 1.71 bits per heavy atom. The lowest BCUT2D eigenvalue weighted by atomic mass is 9.98. The highest BCUT2D eigenvalue weighted by Crippen LogP contribution is 2.44. The van der Waals surface area contributed by atoms with Crippen molar-refractivity contribution < 1.29 is 24.2 Å². The Morgan fingerprint density at radius 1 is 1.09 bits per heavy atom. The zero-order valence-corrected chi connectivity index (χ0v) is 19.5. The second-order valence-corrected chi connectivity index (χ2v) is 9.14. The smallest absolute Gasteiger partial charge is 0.413 e. The lowest BCUT2D eigenvalue weighted by molar-refractivity contribution is -0.139. The minimum Gasteiger partial charge on any atom is -0.480 e. The number of hydrogen-bond acceptors (Lipinski definition) is 7. The number of nitrogens with zero attached hydrogens (tertiary/aromatic N) is 2. The van der Waals surface area contributed by atoms with E-state index in [4.69, 9.17) is 4.74 Å². The van der Waals surface area contributed by atoms with Crippen molar-refractivity contribution in [2.45, 2.75) is 12.0 Å². The molecule has 0 saturated carbocycles. The Labute approximate surface area is 200 Å². The summed E-state index contributed by atoms with van der Waals surface area (Å²) in [5, 5.41) is 14.5. The summed E-state index contributed by atoms with van der Waals surface area (Å²) >= 11 is 0.936. The first-order valence-electron chi connectivity index (χ1n) is 10.6. The van der Waals surface area contributed by atoms with Crippen molar-refractivity contribution in [1.82, 2.24) is 15.2 Å². The Hall–Kier alpha value is -3.76. The van der Waals surface area contributed by atoms with Gasteiger partial charge < -0.3 is 20.1 Å². The fraction of sp³-hybridized carbons (Fsp3) is 0.250. The molecule has 0 fully saturated rings. The van der Waals surface area contributed by atoms with Crippen molar-refractivity contribution in [3.8, 4) is 11.1 Å². The third-order valence-electron chi connectivity index (χ3n) is 5.43. The molecule has 3 aromatic rings. The van der Waals surface area contributed by atoms with Crippen LogP contribution in [0.3, 0.4) is 0 Å². The van der Waals surface area contributed by atoms with E-state index in [0.717, 1.165) is 33.6 Å². The van der Waals surface area contributed by atoms with Crippen molar-refractivity contribution in [3.63, 3.8) is 0 Å². The number of aliphatic carboxylic acids is 1. The molecule has 4 rings (SSSR count). The third kappa shape index (κ3) is 5.08. The van der Waals surface area contributed by atoms with Crippen LogP contribution in [0.25, 0.3) is 11.1 Å². The molecule has 9 nitrogen and oxygen atoms in total. The van der Waals surface area contributed by atoms with Gasteiger partial charge in [0.25, 0.3) is 5.91 Å². The van der Waals surface area contributed by atoms with Crippen molar-refractivity contribution in [2.24, 2.45) is 0 Å². The molecule has 0 spiro atoms. The van der Waals surface area contributed by atoms with E-state index in [0.29, 0.717) is 0 Å². The molecule has 0 unspecified atom stereocenters. The Balaban J connectivity index is 1.36. The fourth-order valence-corrected chi connectivity index (χ4v) is 4.64. The van der Waals surface area contributed by atoms with E-state index in [1.165, 1.54) is 6.20 Å². The number of likely N-dealkylation sites (N-methyl/N-ethyl adjacent to an activating group) is 1. The van der Waals surface area contributed by atoms with Gasteiger partial charge >= 0.3 is 12.1 Å². The van der Waals surface area contributed by atoms with Crippen molar-refractivity contribution in [3.05, 3.63) is 70.7 Å². The fourth-order valence-electron chi connectivity index (χ4n) is 3.94. The molecule has 10 heteroatoms. The van der Waals surface area contributed by atoms with Crippen LogP contribution in [0.15, 0.2) is 54.7 Å². The maximum atomic E-state index is 12.4. The van der Waals surface area contributed by atoms with Gasteiger partial charge in [0, 0.05) is 12.5 Å². The maximum Gasteiger partial charge on any atom is 0.413 e. The van der Waals surface area contributed by atoms with Gasteiger partial charge in [0.15, 0.2) is 5.13 Å². The molecule has 34 heavy (non-hydrogen) atoms. The molecule has 0 aliphatic heterocycles. The van der Waals surface area contributed by atoms with Crippen molar-refractivity contribution in [2.75, 3.05) is 32.6 Å². The minimum absolute atomic E-state index is 0.0690. The van der Waals surface area contributed by atoms with Crippen LogP contribution < -0.4 is 10.6 Å². The highest BCUT2D eigenvalue weighted by atomic mass is 32.1. The number of nitrogens with one attached hydrogen (secondary N) is 2. The summed E-state index contributed by atoms with van der Waals surface area (Å²) in [7, 11) is 3.43. The van der Waals surface area contributed by atoms with Crippen molar-refractivity contribution in [1.29, 1.82) is 0 Å². The number of benzene rings is 2. The summed E-state index contributed by atoms with van der Waals surface area (Å²) in [5.41, 5.74) is 4.49. The number of anilines is 1. The first-order chi connectivity index (χ1) is 16.3. The normalized spacial score (nSPS) is 13.1. The SMILES string of the molecule is CN(C)C[C@H](NC(=O)c1cnc(NC(=O)OCC2c3ccccc3-c3ccccc32)s1)C(=O)O. The number of ether oxygens (including phenoxy) is 1. The van der Waals surface area contributed by atoms with E-state index in [-0.39, 0.29) is 29.1 Å². The molecule has 2 amide bonds. The van der Waals surface area contributed by atoms with Gasteiger partial charge in [0.2, 0.25) is 0 Å². The minimum atomic E-state index is -1.14. The third-order valence-corrected chi connectivity index (χ3v) is 6.34. The largest absolute Gasteiger partial charge is 0.480 e. The van der Waals surface area contributed by atoms with Gasteiger partial charge in [-0.05, 0) is 36.3 Å². The zero-order valence-electron chi connectivity index (χ0n) is 18.6. The number of aromatic nitrogens is 1. The predicted molar refractivity (Wildman–Crippen MR) is 128 cm³/mol. The van der Waals surface area contributed by atoms with E-state index in [9.17, 15) is 19.5 Å². The molecular formula is C24H24N4O5S. The van der Waals surface area contributed by atoms with Gasteiger partial charge in [-0.25, -0.2) is 14.6 Å². The Bertz CT molecular complexity index is 1180. The number of fused-ring (bicyclic) bond motifs is 3. The predicted octanol–water partition coefficient (Wildman–Crippen LogP) is 3.25. The first-order valence-corrected chi connectivity index (χ1v) is 11.4. The molecule has 0 bridgehead atoms. The van der Waals surface area contributed by atoms with Gasteiger partial charge in [-0.15, -0.1) is 0 Å². The summed E-state index contributed by atoms with van der Waals surface area (Å²) in [6.07, 6.45) is 0.604. The van der Waals surface area contributed by atoms with Gasteiger partial charge in [0.05, 0.1) is 6.20 Å². The quantitative estimate of drug-likeness (QED) is 0.453. The Morgan fingerprint density at radius 3 is 2.29 bits per heavy atom. The topological polar surface area (TPSA) is 121 Å². The van der Waals surface area contributed by atoms with E-state index in [1.807, 2.05) is 36.4 Å². The molecule has 1 atom stereocenters. The number of carboxylic acids is 1. The molecule has 0 radical (unpaired) electrons. The van der Waals surface area contributed by atoms with E-state index in [1.54, 1.807) is 19.0 Å². The van der Waals surface area contributed by atoms with Gasteiger partial charge in [-0.2, -0.15) is 0 Å². The maximum absolute atomic E-state index is 12.4. The number of hydrogen-bond donors (Lipinski definition) is 3. The van der Waals surface area contributed by atoms with Gasteiger partial charge in [-0.3, -0.25) is 10.1 Å². The number of carboxylic acid groups (broad SMARTS) is 1. The molecular weight excluding hydrogens is 456 g/mol. The molecule has 1 aromatic heterocycles. The first kappa shape index (κ1) is 23.4. The van der Waals surface area contributed by atoms with E-state index < -0.39 is 24.0 Å². The summed E-state index contributed by atoms with van der Waals surface area (Å²) in [4.78, 5) is 42.0. The lowest BCUT2D eigenvalue weighted by Gasteiger charge is -2.18. The molecule has 3 N–H and O–H groups in total. The number of thiazole rings is 1. The van der Waals surface area contributed by atoms with Crippen LogP contribution >= 0.6 is 11.3 Å². The van der Waals surface area contributed by atoms with Gasteiger partial charge in [-0.1, -0.05) is 59.9 Å². The molecule has 2 aromatic carbocycles. The standard InChI is InChI=1S/C24H24N4O5S/c1-28(2)12-19(22(30)31)26-21(29)20-11-25-23(34-20)27-24(32)33-13-18-16-9-5-3-7-14(16)15-8-4-6-10-17(15)18/h3-11,18-19H,12-13H2,1-2H3,(H,26,29)(H,30,31)(H,25,27,32)/t19-/m0/s1. The van der Waals surface area contributed by atoms with Crippen LogP contribution in [0.1, 0.15) is 26.7 Å². The molecule has 176 valence electrons. The Kier molecular flexibility index (Phi) is 6.90. The summed E-state index contributed by atoms with van der Waals surface area (Å²) < 4.78 is 5.49. The average Bonchev–Trinajstić information content (AvgIpc) is 3.39.